The number of aliphatic hydroxyl groups is 1. The van der Waals surface area contributed by atoms with Gasteiger partial charge in [0.1, 0.15) is 0 Å². The number of hydrogen-bond acceptors (Lipinski definition) is 5. The molecule has 1 atom stereocenters. The number of guanidine groups is 1. The van der Waals surface area contributed by atoms with E-state index < -0.39 is 5.60 Å². The van der Waals surface area contributed by atoms with Crippen molar-refractivity contribution in [3.63, 3.8) is 0 Å². The Bertz CT molecular complexity index is 636. The highest BCUT2D eigenvalue weighted by atomic mass is 127. The first-order valence-corrected chi connectivity index (χ1v) is 10.7. The summed E-state index contributed by atoms with van der Waals surface area (Å²) in [5.41, 5.74) is 1.65. The quantitative estimate of drug-likeness (QED) is 0.243. The highest BCUT2D eigenvalue weighted by molar-refractivity contribution is 14.0. The molecule has 0 bridgehead atoms. The van der Waals surface area contributed by atoms with Crippen molar-refractivity contribution < 1.29 is 9.84 Å². The Morgan fingerprint density at radius 2 is 1.93 bits per heavy atom. The molecule has 2 rings (SSSR count). The number of hydrogen-bond donors (Lipinski definition) is 3. The van der Waals surface area contributed by atoms with Crippen molar-refractivity contribution in [3.05, 3.63) is 35.4 Å². The van der Waals surface area contributed by atoms with Crippen LogP contribution in [0.2, 0.25) is 0 Å². The number of rotatable bonds is 10. The molecule has 0 spiro atoms. The third-order valence-electron chi connectivity index (χ3n) is 5.05. The molecule has 0 aromatic heterocycles. The summed E-state index contributed by atoms with van der Waals surface area (Å²) in [6.07, 6.45) is 0. The van der Waals surface area contributed by atoms with Crippen LogP contribution in [0, 0.1) is 0 Å². The van der Waals surface area contributed by atoms with Gasteiger partial charge in [-0.3, -0.25) is 4.90 Å². The van der Waals surface area contributed by atoms with Crippen LogP contribution in [-0.2, 0) is 17.8 Å². The summed E-state index contributed by atoms with van der Waals surface area (Å²) >= 11 is 0. The number of halogens is 1. The van der Waals surface area contributed by atoms with Gasteiger partial charge in [-0.05, 0) is 38.6 Å². The van der Waals surface area contributed by atoms with Crippen molar-refractivity contribution in [2.75, 3.05) is 59.5 Å². The minimum absolute atomic E-state index is 0. The molecule has 30 heavy (non-hydrogen) atoms. The molecule has 1 heterocycles. The van der Waals surface area contributed by atoms with Gasteiger partial charge >= 0.3 is 0 Å². The van der Waals surface area contributed by atoms with Gasteiger partial charge in [0.05, 0.1) is 25.4 Å². The Morgan fingerprint density at radius 1 is 1.23 bits per heavy atom. The number of nitrogens with zero attached hydrogens (tertiary/aromatic N) is 3. The standard InChI is InChI=1S/C22H39N5O2.HI/c1-5-23-21(25-17-22(3,28)18-27-10-12-29-13-11-27)24-15-19-8-7-9-20(14-19)16-26(4)6-2;/h7-9,14,28H,5-6,10-13,15-18H2,1-4H3,(H2,23,24,25);1H. The lowest BCUT2D eigenvalue weighted by Crippen LogP contribution is -2.52. The fraction of sp³-hybridized carbons (Fsp3) is 0.682. The van der Waals surface area contributed by atoms with Gasteiger partial charge in [-0.15, -0.1) is 24.0 Å². The molecule has 1 unspecified atom stereocenters. The zero-order valence-corrected chi connectivity index (χ0v) is 21.3. The van der Waals surface area contributed by atoms with E-state index in [-0.39, 0.29) is 24.0 Å². The van der Waals surface area contributed by atoms with Gasteiger partial charge < -0.3 is 25.4 Å². The molecule has 1 aliphatic heterocycles. The first-order chi connectivity index (χ1) is 13.9. The predicted molar refractivity (Wildman–Crippen MR) is 135 cm³/mol. The third kappa shape index (κ3) is 10.4. The molecular weight excluding hydrogens is 493 g/mol. The number of nitrogens with one attached hydrogen (secondary N) is 2. The Balaban J connectivity index is 0.00000450. The van der Waals surface area contributed by atoms with Gasteiger partial charge in [-0.2, -0.15) is 0 Å². The van der Waals surface area contributed by atoms with Crippen LogP contribution in [0.15, 0.2) is 29.3 Å². The smallest absolute Gasteiger partial charge is 0.191 e. The Labute approximate surface area is 199 Å². The average molecular weight is 533 g/mol. The lowest BCUT2D eigenvalue weighted by Gasteiger charge is -2.34. The van der Waals surface area contributed by atoms with E-state index in [9.17, 15) is 5.11 Å². The van der Waals surface area contributed by atoms with Gasteiger partial charge in [0, 0.05) is 39.3 Å². The summed E-state index contributed by atoms with van der Waals surface area (Å²) in [4.78, 5) is 9.24. The Hall–Kier alpha value is -0.940. The van der Waals surface area contributed by atoms with E-state index >= 15 is 0 Å². The van der Waals surface area contributed by atoms with Gasteiger partial charge in [0.15, 0.2) is 5.96 Å². The van der Waals surface area contributed by atoms with Crippen LogP contribution in [0.3, 0.4) is 0 Å². The maximum atomic E-state index is 10.8. The van der Waals surface area contributed by atoms with Gasteiger partial charge in [-0.25, -0.2) is 4.99 Å². The van der Waals surface area contributed by atoms with E-state index in [0.29, 0.717) is 19.6 Å². The molecule has 7 nitrogen and oxygen atoms in total. The molecule has 1 saturated heterocycles. The number of morpholine rings is 1. The highest BCUT2D eigenvalue weighted by Crippen LogP contribution is 2.10. The lowest BCUT2D eigenvalue weighted by molar-refractivity contribution is -0.0201. The van der Waals surface area contributed by atoms with E-state index in [4.69, 9.17) is 9.73 Å². The summed E-state index contributed by atoms with van der Waals surface area (Å²) in [6, 6.07) is 8.58. The highest BCUT2D eigenvalue weighted by Gasteiger charge is 2.25. The summed E-state index contributed by atoms with van der Waals surface area (Å²) in [5, 5.41) is 17.4. The molecule has 172 valence electrons. The number of ether oxygens (including phenoxy) is 1. The van der Waals surface area contributed by atoms with Gasteiger partial charge in [0.25, 0.3) is 0 Å². The van der Waals surface area contributed by atoms with Crippen LogP contribution in [0.5, 0.6) is 0 Å². The Morgan fingerprint density at radius 3 is 2.60 bits per heavy atom. The third-order valence-corrected chi connectivity index (χ3v) is 5.05. The normalized spacial score (nSPS) is 17.3. The van der Waals surface area contributed by atoms with Crippen LogP contribution < -0.4 is 10.6 Å². The van der Waals surface area contributed by atoms with Crippen LogP contribution in [0.4, 0.5) is 0 Å². The van der Waals surface area contributed by atoms with Crippen LogP contribution >= 0.6 is 24.0 Å². The zero-order chi connectivity index (χ0) is 21.1. The molecule has 1 aromatic rings. The Kier molecular flexibility index (Phi) is 12.8. The minimum Gasteiger partial charge on any atom is -0.387 e. The van der Waals surface area contributed by atoms with Crippen molar-refractivity contribution >= 4 is 29.9 Å². The van der Waals surface area contributed by atoms with Crippen molar-refractivity contribution in [2.45, 2.75) is 39.5 Å². The maximum absolute atomic E-state index is 10.8. The molecule has 1 fully saturated rings. The van der Waals surface area contributed by atoms with E-state index in [1.807, 2.05) is 13.8 Å². The van der Waals surface area contributed by atoms with E-state index in [2.05, 4.69) is 58.7 Å². The van der Waals surface area contributed by atoms with E-state index in [1.54, 1.807) is 0 Å². The van der Waals surface area contributed by atoms with Crippen molar-refractivity contribution in [2.24, 2.45) is 4.99 Å². The fourth-order valence-corrected chi connectivity index (χ4v) is 3.33. The van der Waals surface area contributed by atoms with Crippen LogP contribution in [-0.4, -0.2) is 86.0 Å². The first kappa shape index (κ1) is 27.1. The molecule has 0 amide bonds. The molecule has 8 heteroatoms. The molecule has 0 radical (unpaired) electrons. The largest absolute Gasteiger partial charge is 0.387 e. The summed E-state index contributed by atoms with van der Waals surface area (Å²) in [5.74, 6) is 0.728. The van der Waals surface area contributed by atoms with Crippen LogP contribution in [0.1, 0.15) is 31.9 Å². The fourth-order valence-electron chi connectivity index (χ4n) is 3.33. The second kappa shape index (κ2) is 14.2. The second-order valence-electron chi connectivity index (χ2n) is 8.08. The number of β-amino-alcohol motifs (C(OH)–C–C–N with tert-alkyl or cyclic N) is 1. The minimum atomic E-state index is -0.835. The lowest BCUT2D eigenvalue weighted by atomic mass is 10.1. The topological polar surface area (TPSA) is 72.4 Å². The van der Waals surface area contributed by atoms with Gasteiger partial charge in [0.2, 0.25) is 0 Å². The molecule has 0 saturated carbocycles. The SMILES string of the molecule is CCNC(=NCc1cccc(CN(C)CC)c1)NCC(C)(O)CN1CCOCC1.I. The number of aliphatic imine (C=N–C) groups is 1. The van der Waals surface area contributed by atoms with Crippen LogP contribution in [0.25, 0.3) is 0 Å². The van der Waals surface area contributed by atoms with Crippen molar-refractivity contribution in [1.29, 1.82) is 0 Å². The average Bonchev–Trinajstić information content (AvgIpc) is 2.70. The van der Waals surface area contributed by atoms with E-state index in [1.165, 1.54) is 11.1 Å². The van der Waals surface area contributed by atoms with Crippen molar-refractivity contribution in [3.8, 4) is 0 Å². The van der Waals surface area contributed by atoms with E-state index in [0.717, 1.165) is 51.9 Å². The molecule has 0 aliphatic carbocycles. The van der Waals surface area contributed by atoms with Crippen molar-refractivity contribution in [1.82, 2.24) is 20.4 Å². The predicted octanol–water partition coefficient (Wildman–Crippen LogP) is 1.89. The first-order valence-electron chi connectivity index (χ1n) is 10.7. The zero-order valence-electron chi connectivity index (χ0n) is 19.0. The second-order valence-corrected chi connectivity index (χ2v) is 8.08. The summed E-state index contributed by atoms with van der Waals surface area (Å²) in [7, 11) is 2.13. The number of benzene rings is 1. The molecule has 1 aromatic carbocycles. The molecule has 1 aliphatic rings. The monoisotopic (exact) mass is 533 g/mol. The summed E-state index contributed by atoms with van der Waals surface area (Å²) in [6.45, 7) is 13.7. The molecule has 3 N–H and O–H groups in total. The van der Waals surface area contributed by atoms with Gasteiger partial charge in [-0.1, -0.05) is 31.2 Å². The summed E-state index contributed by atoms with van der Waals surface area (Å²) < 4.78 is 5.38. The maximum Gasteiger partial charge on any atom is 0.191 e. The molecular formula is C22H40IN5O2.